The van der Waals surface area contributed by atoms with E-state index in [1.165, 1.54) is 6.92 Å². The molecule has 0 spiro atoms. The van der Waals surface area contributed by atoms with Crippen LogP contribution in [-0.2, 0) is 42.9 Å². The molecule has 1 fully saturated rings. The molecular weight excluding hydrogens is 556 g/mol. The van der Waals surface area contributed by atoms with Crippen LogP contribution in [0.3, 0.4) is 0 Å². The van der Waals surface area contributed by atoms with Gasteiger partial charge in [-0.25, -0.2) is 19.2 Å². The summed E-state index contributed by atoms with van der Waals surface area (Å²) in [5.74, 6) is -2.66. The third-order valence-electron chi connectivity index (χ3n) is 6.67. The number of hydrogen-bond donors (Lipinski definition) is 0. The minimum Gasteiger partial charge on any atom is -0.465 e. The lowest BCUT2D eigenvalue weighted by molar-refractivity contribution is -0.149. The van der Waals surface area contributed by atoms with Gasteiger partial charge in [0.25, 0.3) is 0 Å². The van der Waals surface area contributed by atoms with Gasteiger partial charge in [-0.3, -0.25) is 4.79 Å². The number of esters is 5. The molecule has 0 aromatic heterocycles. The van der Waals surface area contributed by atoms with Gasteiger partial charge in [0.1, 0.15) is 5.75 Å². The summed E-state index contributed by atoms with van der Waals surface area (Å²) in [6.45, 7) is 15.4. The van der Waals surface area contributed by atoms with Gasteiger partial charge in [-0.2, -0.15) is 0 Å². The van der Waals surface area contributed by atoms with Crippen LogP contribution in [0, 0.1) is 11.3 Å². The lowest BCUT2D eigenvalue weighted by Gasteiger charge is -2.21. The van der Waals surface area contributed by atoms with Gasteiger partial charge in [-0.05, 0) is 56.5 Å². The monoisotopic (exact) mass is 592 g/mol. The van der Waals surface area contributed by atoms with Gasteiger partial charge >= 0.3 is 29.8 Å². The summed E-state index contributed by atoms with van der Waals surface area (Å²) in [7, 11) is 0. The zero-order chi connectivity index (χ0) is 31.7. The standard InChI is InChI=1S/C33H36O10/c1-20(2)28(34)39-13-7-15-41-31(37)24-17-26(23-9-11-25(12-10-23)43-30(36)22(5)6)27-19-33(27,18-24)32(38)42-16-8-14-40-29(35)21(3)4/h9-12,17-18,27H,1,3,5,7-8,13-16,19H2,2,4,6H3. The highest BCUT2D eigenvalue weighted by Gasteiger charge is 2.63. The molecule has 43 heavy (non-hydrogen) atoms. The maximum Gasteiger partial charge on any atom is 0.338 e. The molecule has 1 saturated carbocycles. The second-order valence-electron chi connectivity index (χ2n) is 10.5. The van der Waals surface area contributed by atoms with Crippen molar-refractivity contribution in [1.82, 2.24) is 0 Å². The third kappa shape index (κ3) is 8.64. The number of hydrogen-bond acceptors (Lipinski definition) is 10. The molecule has 0 amide bonds. The van der Waals surface area contributed by atoms with Crippen molar-refractivity contribution in [2.75, 3.05) is 26.4 Å². The Kier molecular flexibility index (Phi) is 11.0. The number of fused-ring (bicyclic) bond motifs is 1. The summed E-state index contributed by atoms with van der Waals surface area (Å²) in [6.07, 6.45) is 4.26. The molecule has 1 aromatic rings. The van der Waals surface area contributed by atoms with E-state index in [4.69, 9.17) is 23.7 Å². The normalized spacial score (nSPS) is 18.1. The first-order chi connectivity index (χ1) is 20.4. The van der Waals surface area contributed by atoms with E-state index in [2.05, 4.69) is 19.7 Å². The highest BCUT2D eigenvalue weighted by atomic mass is 16.6. The number of carbonyl (C=O) groups is 5. The number of carbonyl (C=O) groups excluding carboxylic acids is 5. The average molecular weight is 593 g/mol. The van der Waals surface area contributed by atoms with Crippen molar-refractivity contribution in [2.45, 2.75) is 40.0 Å². The minimum atomic E-state index is -1.06. The van der Waals surface area contributed by atoms with Crippen LogP contribution in [0.2, 0.25) is 0 Å². The Hall–Kier alpha value is -4.73. The van der Waals surface area contributed by atoms with Crippen LogP contribution in [0.25, 0.3) is 5.57 Å². The molecular formula is C33H36O10. The Labute approximate surface area is 250 Å². The Bertz CT molecular complexity index is 1390. The summed E-state index contributed by atoms with van der Waals surface area (Å²) in [5.41, 5.74) is 1.39. The number of benzene rings is 1. The van der Waals surface area contributed by atoms with Gasteiger partial charge in [-0.1, -0.05) is 37.9 Å². The number of ether oxygens (including phenoxy) is 5. The Morgan fingerprint density at radius 1 is 0.744 bits per heavy atom. The van der Waals surface area contributed by atoms with Gasteiger partial charge < -0.3 is 23.7 Å². The molecule has 2 unspecified atom stereocenters. The van der Waals surface area contributed by atoms with E-state index >= 15 is 0 Å². The molecule has 0 heterocycles. The van der Waals surface area contributed by atoms with Crippen molar-refractivity contribution >= 4 is 35.4 Å². The van der Waals surface area contributed by atoms with E-state index in [-0.39, 0.29) is 61.1 Å². The highest BCUT2D eigenvalue weighted by molar-refractivity contribution is 6.01. The first kappa shape index (κ1) is 32.8. The van der Waals surface area contributed by atoms with Gasteiger partial charge in [0.2, 0.25) is 0 Å². The number of rotatable bonds is 15. The van der Waals surface area contributed by atoms with Crippen LogP contribution in [0.15, 0.2) is 78.4 Å². The van der Waals surface area contributed by atoms with Gasteiger partial charge in [0.05, 0.1) is 37.4 Å². The van der Waals surface area contributed by atoms with Crippen molar-refractivity contribution in [1.29, 1.82) is 0 Å². The van der Waals surface area contributed by atoms with Crippen molar-refractivity contribution in [3.63, 3.8) is 0 Å². The Balaban J connectivity index is 1.72. The Morgan fingerprint density at radius 2 is 1.26 bits per heavy atom. The van der Waals surface area contributed by atoms with E-state index in [1.54, 1.807) is 50.3 Å². The van der Waals surface area contributed by atoms with Crippen molar-refractivity contribution in [3.8, 4) is 5.75 Å². The molecule has 3 rings (SSSR count). The predicted octanol–water partition coefficient (Wildman–Crippen LogP) is 4.60. The molecule has 2 aliphatic rings. The first-order valence-corrected chi connectivity index (χ1v) is 13.8. The van der Waals surface area contributed by atoms with E-state index < -0.39 is 35.3 Å². The van der Waals surface area contributed by atoms with Gasteiger partial charge in [0, 0.05) is 35.5 Å². The summed E-state index contributed by atoms with van der Waals surface area (Å²) in [5, 5.41) is 0. The van der Waals surface area contributed by atoms with E-state index in [9.17, 15) is 24.0 Å². The zero-order valence-corrected chi connectivity index (χ0v) is 24.7. The third-order valence-corrected chi connectivity index (χ3v) is 6.67. The quantitative estimate of drug-likeness (QED) is 0.0936. The number of allylic oxidation sites excluding steroid dienone is 1. The fraction of sp³-hybridized carbons (Fsp3) is 0.364. The lowest BCUT2D eigenvalue weighted by Crippen LogP contribution is -2.24. The van der Waals surface area contributed by atoms with Crippen LogP contribution >= 0.6 is 0 Å². The molecule has 0 bridgehead atoms. The van der Waals surface area contributed by atoms with Crippen molar-refractivity contribution < 1.29 is 47.7 Å². The van der Waals surface area contributed by atoms with E-state index in [0.717, 1.165) is 11.1 Å². The summed E-state index contributed by atoms with van der Waals surface area (Å²) in [4.78, 5) is 61.3. The molecule has 0 N–H and O–H groups in total. The van der Waals surface area contributed by atoms with Crippen LogP contribution in [0.4, 0.5) is 0 Å². The molecule has 0 radical (unpaired) electrons. The average Bonchev–Trinajstić information content (AvgIpc) is 3.72. The lowest BCUT2D eigenvalue weighted by atomic mass is 9.86. The molecule has 2 atom stereocenters. The van der Waals surface area contributed by atoms with E-state index in [0.29, 0.717) is 18.6 Å². The second-order valence-corrected chi connectivity index (χ2v) is 10.5. The summed E-state index contributed by atoms with van der Waals surface area (Å²) < 4.78 is 26.2. The molecule has 228 valence electrons. The van der Waals surface area contributed by atoms with Crippen molar-refractivity contribution in [2.24, 2.45) is 11.3 Å². The topological polar surface area (TPSA) is 132 Å². The van der Waals surface area contributed by atoms with Crippen LogP contribution < -0.4 is 4.74 Å². The minimum absolute atomic E-state index is 0.00458. The van der Waals surface area contributed by atoms with E-state index in [1.807, 2.05) is 0 Å². The SMILES string of the molecule is C=C(C)C(=O)OCCCOC(=O)C1=CC2(C(=O)OCCCOC(=O)C(=C)C)CC2C(c2ccc(OC(=O)C(=C)C)cc2)=C1. The van der Waals surface area contributed by atoms with Gasteiger partial charge in [-0.15, -0.1) is 0 Å². The van der Waals surface area contributed by atoms with Gasteiger partial charge in [0.15, 0.2) is 0 Å². The second kappa shape index (κ2) is 14.4. The fourth-order valence-electron chi connectivity index (χ4n) is 4.25. The maximum absolute atomic E-state index is 13.3. The van der Waals surface area contributed by atoms with Crippen LogP contribution in [-0.4, -0.2) is 56.3 Å². The zero-order valence-electron chi connectivity index (χ0n) is 24.7. The summed E-state index contributed by atoms with van der Waals surface area (Å²) in [6, 6.07) is 6.71. The van der Waals surface area contributed by atoms with Crippen LogP contribution in [0.5, 0.6) is 5.75 Å². The molecule has 1 aromatic carbocycles. The highest BCUT2D eigenvalue weighted by Crippen LogP contribution is 2.63. The predicted molar refractivity (Wildman–Crippen MR) is 156 cm³/mol. The van der Waals surface area contributed by atoms with Crippen LogP contribution in [0.1, 0.15) is 45.6 Å². The largest absolute Gasteiger partial charge is 0.465 e. The maximum atomic E-state index is 13.3. The molecule has 2 aliphatic carbocycles. The molecule has 0 aliphatic heterocycles. The molecule has 0 saturated heterocycles. The Morgan fingerprint density at radius 3 is 1.79 bits per heavy atom. The first-order valence-electron chi connectivity index (χ1n) is 13.8. The van der Waals surface area contributed by atoms with Crippen molar-refractivity contribution in [3.05, 3.63) is 84.0 Å². The molecule has 10 heteroatoms. The summed E-state index contributed by atoms with van der Waals surface area (Å²) >= 11 is 0. The molecule has 10 nitrogen and oxygen atoms in total. The fourth-order valence-corrected chi connectivity index (χ4v) is 4.25. The smallest absolute Gasteiger partial charge is 0.338 e.